The van der Waals surface area contributed by atoms with E-state index in [1.165, 1.54) is 4.68 Å². The minimum atomic E-state index is -0.697. The summed E-state index contributed by atoms with van der Waals surface area (Å²) in [4.78, 5) is 25.5. The summed E-state index contributed by atoms with van der Waals surface area (Å²) in [5, 5.41) is 12.6. The summed E-state index contributed by atoms with van der Waals surface area (Å²) >= 11 is 0. The molecule has 0 spiro atoms. The highest BCUT2D eigenvalue weighted by Crippen LogP contribution is 2.22. The summed E-state index contributed by atoms with van der Waals surface area (Å²) in [6.45, 7) is 10.1. The van der Waals surface area contributed by atoms with Gasteiger partial charge in [-0.2, -0.15) is 10.2 Å². The van der Waals surface area contributed by atoms with Crippen LogP contribution in [0.5, 0.6) is 0 Å². The van der Waals surface area contributed by atoms with Gasteiger partial charge in [0.2, 0.25) is 5.91 Å². The highest BCUT2D eigenvalue weighted by atomic mass is 16.2. The Bertz CT molecular complexity index is 1060. The van der Waals surface area contributed by atoms with Crippen LogP contribution in [0.2, 0.25) is 0 Å². The number of amides is 1. The fraction of sp³-hybridized carbons (Fsp3) is 0.429. The highest BCUT2D eigenvalue weighted by molar-refractivity contribution is 5.84. The molecule has 2 heterocycles. The van der Waals surface area contributed by atoms with Gasteiger partial charge >= 0.3 is 0 Å². The van der Waals surface area contributed by atoms with E-state index in [2.05, 4.69) is 22.4 Å². The van der Waals surface area contributed by atoms with Crippen LogP contribution in [0.15, 0.2) is 29.1 Å². The first-order valence-corrected chi connectivity index (χ1v) is 9.68. The van der Waals surface area contributed by atoms with E-state index in [9.17, 15) is 9.59 Å². The predicted octanol–water partition coefficient (Wildman–Crippen LogP) is 2.98. The fourth-order valence-corrected chi connectivity index (χ4v) is 3.30. The van der Waals surface area contributed by atoms with Crippen molar-refractivity contribution in [3.8, 4) is 5.69 Å². The average molecular weight is 381 g/mol. The van der Waals surface area contributed by atoms with Crippen LogP contribution < -0.4 is 10.9 Å². The molecular formula is C21H27N5O2. The van der Waals surface area contributed by atoms with Gasteiger partial charge in [0.1, 0.15) is 6.04 Å². The molecule has 148 valence electrons. The lowest BCUT2D eigenvalue weighted by atomic mass is 10.2. The van der Waals surface area contributed by atoms with Gasteiger partial charge in [-0.1, -0.05) is 31.0 Å². The quantitative estimate of drug-likeness (QED) is 0.666. The second kappa shape index (κ2) is 7.96. The molecule has 1 atom stereocenters. The highest BCUT2D eigenvalue weighted by Gasteiger charge is 2.22. The van der Waals surface area contributed by atoms with Gasteiger partial charge in [-0.25, -0.2) is 9.36 Å². The number of carbonyl (C=O) groups excluding carboxylic acids is 1. The van der Waals surface area contributed by atoms with Crippen LogP contribution in [0.1, 0.15) is 49.7 Å². The van der Waals surface area contributed by atoms with Crippen LogP contribution in [0.4, 0.5) is 0 Å². The Morgan fingerprint density at radius 2 is 1.82 bits per heavy atom. The summed E-state index contributed by atoms with van der Waals surface area (Å²) in [5.41, 5.74) is 3.55. The van der Waals surface area contributed by atoms with E-state index in [1.807, 2.05) is 45.0 Å². The number of carbonyl (C=O) groups is 1. The lowest BCUT2D eigenvalue weighted by Crippen LogP contribution is -2.37. The van der Waals surface area contributed by atoms with Gasteiger partial charge in [0.05, 0.1) is 22.5 Å². The Labute approximate surface area is 164 Å². The third-order valence-electron chi connectivity index (χ3n) is 5.00. The maximum atomic E-state index is 13.1. The van der Waals surface area contributed by atoms with Crippen molar-refractivity contribution in [2.45, 2.75) is 53.5 Å². The summed E-state index contributed by atoms with van der Waals surface area (Å²) in [5.74, 6) is -0.212. The molecule has 0 unspecified atom stereocenters. The van der Waals surface area contributed by atoms with Crippen LogP contribution in [0, 0.1) is 20.8 Å². The molecule has 3 aromatic rings. The zero-order valence-corrected chi connectivity index (χ0v) is 17.1. The molecule has 2 aromatic heterocycles. The zero-order chi connectivity index (χ0) is 20.4. The Hall–Kier alpha value is -2.96. The molecule has 0 aliphatic rings. The first kappa shape index (κ1) is 19.8. The second-order valence-electron chi connectivity index (χ2n) is 7.21. The van der Waals surface area contributed by atoms with Crippen molar-refractivity contribution in [1.29, 1.82) is 0 Å². The SMILES string of the molecule is CCCCNC(=O)[C@@H](C)n1nc(C)c2c(C)n(-c3ccc(C)cc3)nc2c1=O. The number of unbranched alkanes of at least 4 members (excludes halogenated alkanes) is 1. The van der Waals surface area contributed by atoms with Gasteiger partial charge in [-0.05, 0) is 46.2 Å². The molecule has 1 amide bonds. The lowest BCUT2D eigenvalue weighted by Gasteiger charge is -2.14. The van der Waals surface area contributed by atoms with E-state index in [1.54, 1.807) is 11.6 Å². The molecule has 0 radical (unpaired) electrons. The molecule has 0 saturated heterocycles. The van der Waals surface area contributed by atoms with Gasteiger partial charge in [0, 0.05) is 6.54 Å². The third-order valence-corrected chi connectivity index (χ3v) is 5.00. The molecule has 3 rings (SSSR count). The summed E-state index contributed by atoms with van der Waals surface area (Å²) in [7, 11) is 0. The monoisotopic (exact) mass is 381 g/mol. The van der Waals surface area contributed by atoms with Gasteiger partial charge in [-0.3, -0.25) is 9.59 Å². The maximum Gasteiger partial charge on any atom is 0.295 e. The lowest BCUT2D eigenvalue weighted by molar-refractivity contribution is -0.124. The van der Waals surface area contributed by atoms with Crippen molar-refractivity contribution in [2.24, 2.45) is 0 Å². The molecule has 0 fully saturated rings. The van der Waals surface area contributed by atoms with Gasteiger partial charge in [-0.15, -0.1) is 0 Å². The van der Waals surface area contributed by atoms with Gasteiger partial charge in [0.15, 0.2) is 5.52 Å². The molecule has 7 heteroatoms. The van der Waals surface area contributed by atoms with E-state index in [0.29, 0.717) is 17.8 Å². The van der Waals surface area contributed by atoms with Crippen LogP contribution in [-0.4, -0.2) is 32.0 Å². The van der Waals surface area contributed by atoms with Crippen molar-refractivity contribution in [3.63, 3.8) is 0 Å². The molecule has 0 aliphatic heterocycles. The summed E-state index contributed by atoms with van der Waals surface area (Å²) < 4.78 is 3.00. The van der Waals surface area contributed by atoms with Crippen molar-refractivity contribution in [1.82, 2.24) is 24.9 Å². The summed E-state index contributed by atoms with van der Waals surface area (Å²) in [6.07, 6.45) is 1.90. The standard InChI is InChI=1S/C21H27N5O2/c1-6-7-12-22-20(27)16(5)26-21(28)19-18(14(3)23-26)15(4)25(24-19)17-10-8-13(2)9-11-17/h8-11,16H,6-7,12H2,1-5H3,(H,22,27)/t16-/m1/s1. The van der Waals surface area contributed by atoms with Gasteiger partial charge in [0.25, 0.3) is 5.56 Å². The Morgan fingerprint density at radius 1 is 1.14 bits per heavy atom. The first-order valence-electron chi connectivity index (χ1n) is 9.68. The molecule has 0 aliphatic carbocycles. The third kappa shape index (κ3) is 3.56. The number of nitrogens with one attached hydrogen (secondary N) is 1. The molecule has 0 bridgehead atoms. The normalized spacial score (nSPS) is 12.3. The van der Waals surface area contributed by atoms with Gasteiger partial charge < -0.3 is 5.32 Å². The van der Waals surface area contributed by atoms with Crippen LogP contribution in [-0.2, 0) is 4.79 Å². The second-order valence-corrected chi connectivity index (χ2v) is 7.21. The van der Waals surface area contributed by atoms with Crippen molar-refractivity contribution in [2.75, 3.05) is 6.54 Å². The Morgan fingerprint density at radius 3 is 2.46 bits per heavy atom. The van der Waals surface area contributed by atoms with E-state index < -0.39 is 6.04 Å². The molecule has 7 nitrogen and oxygen atoms in total. The Balaban J connectivity index is 2.06. The van der Waals surface area contributed by atoms with Crippen molar-refractivity contribution >= 4 is 16.8 Å². The number of fused-ring (bicyclic) bond motifs is 1. The molecule has 0 saturated carbocycles. The minimum Gasteiger partial charge on any atom is -0.354 e. The molecular weight excluding hydrogens is 354 g/mol. The molecule has 28 heavy (non-hydrogen) atoms. The van der Waals surface area contributed by atoms with Crippen LogP contribution in [0.3, 0.4) is 0 Å². The molecule has 1 N–H and O–H groups in total. The topological polar surface area (TPSA) is 81.8 Å². The number of nitrogens with zero attached hydrogens (tertiary/aromatic N) is 4. The number of aromatic nitrogens is 4. The largest absolute Gasteiger partial charge is 0.354 e. The Kier molecular flexibility index (Phi) is 5.63. The smallest absolute Gasteiger partial charge is 0.295 e. The van der Waals surface area contributed by atoms with E-state index in [-0.39, 0.29) is 11.5 Å². The number of benzene rings is 1. The maximum absolute atomic E-state index is 13.1. The fourth-order valence-electron chi connectivity index (χ4n) is 3.30. The van der Waals surface area contributed by atoms with E-state index in [0.717, 1.165) is 35.2 Å². The molecule has 1 aromatic carbocycles. The number of hydrogen-bond acceptors (Lipinski definition) is 4. The zero-order valence-electron chi connectivity index (χ0n) is 17.1. The minimum absolute atomic E-state index is 0.212. The number of aryl methyl sites for hydroxylation is 3. The van der Waals surface area contributed by atoms with Crippen molar-refractivity contribution < 1.29 is 4.79 Å². The van der Waals surface area contributed by atoms with E-state index in [4.69, 9.17) is 0 Å². The van der Waals surface area contributed by atoms with Crippen molar-refractivity contribution in [3.05, 3.63) is 51.6 Å². The van der Waals surface area contributed by atoms with Crippen LogP contribution >= 0.6 is 0 Å². The number of rotatable bonds is 6. The summed E-state index contributed by atoms with van der Waals surface area (Å²) in [6, 6.07) is 7.26. The predicted molar refractivity (Wildman–Crippen MR) is 110 cm³/mol. The van der Waals surface area contributed by atoms with E-state index >= 15 is 0 Å². The first-order chi connectivity index (χ1) is 13.3. The average Bonchev–Trinajstić information content (AvgIpc) is 3.03. The number of hydrogen-bond donors (Lipinski definition) is 1. The van der Waals surface area contributed by atoms with Crippen LogP contribution in [0.25, 0.3) is 16.6 Å².